The van der Waals surface area contributed by atoms with E-state index in [4.69, 9.17) is 17.3 Å². The maximum absolute atomic E-state index is 6.70. The zero-order valence-electron chi connectivity index (χ0n) is 11.5. The van der Waals surface area contributed by atoms with Crippen LogP contribution in [0.15, 0.2) is 42.5 Å². The summed E-state index contributed by atoms with van der Waals surface area (Å²) in [5.41, 5.74) is 8.16. The van der Waals surface area contributed by atoms with Crippen molar-refractivity contribution in [2.45, 2.75) is 43.6 Å². The Hall–Kier alpha value is -0.830. The maximum Gasteiger partial charge on any atom is 0.0931 e. The highest BCUT2D eigenvalue weighted by molar-refractivity contribution is 7.16. The summed E-state index contributed by atoms with van der Waals surface area (Å²) in [6.07, 6.45) is 6.21. The van der Waals surface area contributed by atoms with Crippen LogP contribution in [0.5, 0.6) is 0 Å². The minimum Gasteiger partial charge on any atom is -0.323 e. The van der Waals surface area contributed by atoms with Gasteiger partial charge in [-0.25, -0.2) is 0 Å². The first-order valence-corrected chi connectivity index (χ1v) is 8.48. The van der Waals surface area contributed by atoms with Gasteiger partial charge in [0.25, 0.3) is 0 Å². The van der Waals surface area contributed by atoms with E-state index in [-0.39, 0.29) is 11.5 Å². The Bertz CT molecular complexity index is 557. The highest BCUT2D eigenvalue weighted by atomic mass is 35.5. The van der Waals surface area contributed by atoms with Crippen LogP contribution in [0.1, 0.15) is 48.6 Å². The molecule has 1 heterocycles. The van der Waals surface area contributed by atoms with E-state index in [0.717, 1.165) is 4.34 Å². The van der Waals surface area contributed by atoms with E-state index in [9.17, 15) is 0 Å². The normalized spacial score (nSPS) is 19.7. The molecule has 1 nitrogen and oxygen atoms in total. The van der Waals surface area contributed by atoms with Crippen LogP contribution in [0.4, 0.5) is 0 Å². The molecule has 2 aromatic rings. The van der Waals surface area contributed by atoms with Crippen LogP contribution < -0.4 is 5.73 Å². The van der Waals surface area contributed by atoms with Gasteiger partial charge in [-0.15, -0.1) is 11.3 Å². The van der Waals surface area contributed by atoms with Crippen molar-refractivity contribution in [2.75, 3.05) is 0 Å². The average Bonchev–Trinajstić information content (AvgIpc) is 2.94. The van der Waals surface area contributed by atoms with Crippen LogP contribution in [0.3, 0.4) is 0 Å². The number of hydrogen-bond acceptors (Lipinski definition) is 2. The van der Waals surface area contributed by atoms with Crippen molar-refractivity contribution in [3.05, 3.63) is 57.2 Å². The molecule has 1 fully saturated rings. The molecule has 0 amide bonds. The van der Waals surface area contributed by atoms with Gasteiger partial charge in [0.2, 0.25) is 0 Å². The highest BCUT2D eigenvalue weighted by Gasteiger charge is 2.40. The van der Waals surface area contributed by atoms with Crippen LogP contribution in [0, 0.1) is 0 Å². The molecule has 3 rings (SSSR count). The van der Waals surface area contributed by atoms with Crippen molar-refractivity contribution in [2.24, 2.45) is 5.73 Å². The molecule has 1 saturated carbocycles. The highest BCUT2D eigenvalue weighted by Crippen LogP contribution is 2.48. The van der Waals surface area contributed by atoms with Crippen LogP contribution in [-0.2, 0) is 5.41 Å². The third-order valence-corrected chi connectivity index (χ3v) is 5.90. The third-order valence-electron chi connectivity index (χ3n) is 4.59. The molecule has 3 heteroatoms. The molecule has 1 aromatic carbocycles. The zero-order valence-corrected chi connectivity index (χ0v) is 13.1. The molecule has 1 aliphatic carbocycles. The zero-order chi connectivity index (χ0) is 14.0. The van der Waals surface area contributed by atoms with Crippen molar-refractivity contribution in [1.29, 1.82) is 0 Å². The summed E-state index contributed by atoms with van der Waals surface area (Å²) < 4.78 is 0.828. The molecular weight excluding hydrogens is 286 g/mol. The number of hydrogen-bond donors (Lipinski definition) is 1. The Balaban J connectivity index is 2.01. The standard InChI is InChI=1S/C17H20ClNS/c18-15-10-9-14(20-15)16(19)17(11-5-2-6-12-17)13-7-3-1-4-8-13/h1,3-4,7-10,16H,2,5-6,11-12,19H2. The Morgan fingerprint density at radius 1 is 1.00 bits per heavy atom. The monoisotopic (exact) mass is 305 g/mol. The largest absolute Gasteiger partial charge is 0.323 e. The first-order chi connectivity index (χ1) is 9.72. The Morgan fingerprint density at radius 2 is 1.70 bits per heavy atom. The quantitative estimate of drug-likeness (QED) is 0.817. The van der Waals surface area contributed by atoms with Crippen LogP contribution >= 0.6 is 22.9 Å². The smallest absolute Gasteiger partial charge is 0.0931 e. The second kappa shape index (κ2) is 5.88. The number of rotatable bonds is 3. The van der Waals surface area contributed by atoms with Crippen molar-refractivity contribution >= 4 is 22.9 Å². The summed E-state index contributed by atoms with van der Waals surface area (Å²) in [7, 11) is 0. The molecule has 2 N–H and O–H groups in total. The van der Waals surface area contributed by atoms with Crippen molar-refractivity contribution in [3.63, 3.8) is 0 Å². The maximum atomic E-state index is 6.70. The minimum atomic E-state index is 0.0442. The Labute approximate surface area is 129 Å². The molecular formula is C17H20ClNS. The van der Waals surface area contributed by atoms with Crippen LogP contribution in [0.25, 0.3) is 0 Å². The molecule has 0 bridgehead atoms. The topological polar surface area (TPSA) is 26.0 Å². The summed E-state index contributed by atoms with van der Waals surface area (Å²) >= 11 is 7.72. The van der Waals surface area contributed by atoms with Gasteiger partial charge in [0, 0.05) is 16.3 Å². The molecule has 0 aliphatic heterocycles. The lowest BCUT2D eigenvalue weighted by molar-refractivity contribution is 0.246. The second-order valence-electron chi connectivity index (χ2n) is 5.70. The van der Waals surface area contributed by atoms with Gasteiger partial charge in [-0.05, 0) is 30.5 Å². The number of benzene rings is 1. The molecule has 0 saturated heterocycles. The lowest BCUT2D eigenvalue weighted by Crippen LogP contribution is -2.40. The van der Waals surface area contributed by atoms with Gasteiger partial charge in [-0.3, -0.25) is 0 Å². The minimum absolute atomic E-state index is 0.0442. The van der Waals surface area contributed by atoms with E-state index in [0.29, 0.717) is 0 Å². The Kier molecular flexibility index (Phi) is 4.16. The molecule has 1 atom stereocenters. The Morgan fingerprint density at radius 3 is 2.30 bits per heavy atom. The van der Waals surface area contributed by atoms with Crippen molar-refractivity contribution in [3.8, 4) is 0 Å². The lowest BCUT2D eigenvalue weighted by atomic mass is 9.65. The summed E-state index contributed by atoms with van der Waals surface area (Å²) in [5, 5.41) is 0. The molecule has 1 unspecified atom stereocenters. The molecule has 106 valence electrons. The average molecular weight is 306 g/mol. The fourth-order valence-corrected chi connectivity index (χ4v) is 4.68. The van der Waals surface area contributed by atoms with E-state index in [2.05, 4.69) is 36.4 Å². The molecule has 1 aliphatic rings. The molecule has 0 radical (unpaired) electrons. The SMILES string of the molecule is NC(c1ccc(Cl)s1)C1(c2ccccc2)CCCCC1. The number of halogens is 1. The van der Waals surface area contributed by atoms with Crippen molar-refractivity contribution in [1.82, 2.24) is 0 Å². The van der Waals surface area contributed by atoms with E-state index in [1.54, 1.807) is 11.3 Å². The second-order valence-corrected chi connectivity index (χ2v) is 7.45. The van der Waals surface area contributed by atoms with Crippen LogP contribution in [0.2, 0.25) is 4.34 Å². The van der Waals surface area contributed by atoms with E-state index in [1.807, 2.05) is 6.07 Å². The van der Waals surface area contributed by atoms with Gasteiger partial charge < -0.3 is 5.73 Å². The predicted molar refractivity (Wildman–Crippen MR) is 87.5 cm³/mol. The van der Waals surface area contributed by atoms with E-state index >= 15 is 0 Å². The summed E-state index contributed by atoms with van der Waals surface area (Å²) in [6, 6.07) is 14.9. The van der Waals surface area contributed by atoms with E-state index < -0.39 is 0 Å². The molecule has 20 heavy (non-hydrogen) atoms. The number of nitrogens with two attached hydrogens (primary N) is 1. The number of thiophene rings is 1. The van der Waals surface area contributed by atoms with Gasteiger partial charge in [0.15, 0.2) is 0 Å². The lowest BCUT2D eigenvalue weighted by Gasteiger charge is -2.42. The summed E-state index contributed by atoms with van der Waals surface area (Å²) in [4.78, 5) is 1.21. The first-order valence-electron chi connectivity index (χ1n) is 7.29. The van der Waals surface area contributed by atoms with Crippen molar-refractivity contribution < 1.29 is 0 Å². The summed E-state index contributed by atoms with van der Waals surface area (Å²) in [6.45, 7) is 0. The van der Waals surface area contributed by atoms with Gasteiger partial charge in [-0.1, -0.05) is 61.2 Å². The predicted octanol–water partition coefficient (Wildman–Crippen LogP) is 5.30. The van der Waals surface area contributed by atoms with Gasteiger partial charge in [0.05, 0.1) is 4.34 Å². The van der Waals surface area contributed by atoms with Gasteiger partial charge in [0.1, 0.15) is 0 Å². The first kappa shape index (κ1) is 14.1. The fourth-order valence-electron chi connectivity index (χ4n) is 3.50. The fraction of sp³-hybridized carbons (Fsp3) is 0.412. The molecule has 1 aromatic heterocycles. The van der Waals surface area contributed by atoms with E-state index in [1.165, 1.54) is 42.5 Å². The molecule has 0 spiro atoms. The summed E-state index contributed by atoms with van der Waals surface area (Å²) in [5.74, 6) is 0. The third kappa shape index (κ3) is 2.52. The van der Waals surface area contributed by atoms with Crippen LogP contribution in [-0.4, -0.2) is 0 Å². The van der Waals surface area contributed by atoms with Gasteiger partial charge >= 0.3 is 0 Å². The van der Waals surface area contributed by atoms with Gasteiger partial charge in [-0.2, -0.15) is 0 Å².